The lowest BCUT2D eigenvalue weighted by molar-refractivity contribution is -0.120. The van der Waals surface area contributed by atoms with E-state index in [-0.39, 0.29) is 11.8 Å². The van der Waals surface area contributed by atoms with Gasteiger partial charge in [-0.25, -0.2) is 0 Å². The molecule has 3 rings (SSSR count). The molecule has 2 aliphatic heterocycles. The number of hydrogen-bond donors (Lipinski definition) is 1. The van der Waals surface area contributed by atoms with Crippen molar-refractivity contribution < 1.29 is 14.3 Å². The largest absolute Gasteiger partial charge is 0.454 e. The first-order chi connectivity index (χ1) is 9.22. The Hall–Kier alpha value is -1.59. The van der Waals surface area contributed by atoms with Crippen molar-refractivity contribution in [2.45, 2.75) is 19.5 Å². The summed E-state index contributed by atoms with van der Waals surface area (Å²) in [6.45, 7) is 5.36. The summed E-state index contributed by atoms with van der Waals surface area (Å²) in [5, 5.41) is 3.24. The molecule has 1 saturated heterocycles. The van der Waals surface area contributed by atoms with Gasteiger partial charge in [0, 0.05) is 26.2 Å². The van der Waals surface area contributed by atoms with Crippen molar-refractivity contribution in [1.82, 2.24) is 10.2 Å². The molecule has 0 aromatic heterocycles. The van der Waals surface area contributed by atoms with Crippen molar-refractivity contribution in [2.75, 3.05) is 26.4 Å². The molecular weight excluding hydrogens is 244 g/mol. The number of nitrogens with zero attached hydrogens (tertiary/aromatic N) is 1. The summed E-state index contributed by atoms with van der Waals surface area (Å²) < 4.78 is 10.7. The summed E-state index contributed by atoms with van der Waals surface area (Å²) in [6, 6.07) is 5.98. The van der Waals surface area contributed by atoms with Gasteiger partial charge in [-0.05, 0) is 24.6 Å². The number of piperazine rings is 1. The van der Waals surface area contributed by atoms with Crippen LogP contribution in [0.15, 0.2) is 18.2 Å². The molecule has 5 nitrogen and oxygen atoms in total. The molecule has 102 valence electrons. The van der Waals surface area contributed by atoms with E-state index in [0.29, 0.717) is 6.79 Å². The molecule has 2 aliphatic rings. The van der Waals surface area contributed by atoms with Crippen LogP contribution in [0.2, 0.25) is 0 Å². The number of nitrogens with one attached hydrogen (secondary N) is 1. The first-order valence-electron chi connectivity index (χ1n) is 6.57. The number of ether oxygens (including phenoxy) is 2. The molecular formula is C14H18N2O3. The van der Waals surface area contributed by atoms with Crippen LogP contribution in [0, 0.1) is 0 Å². The van der Waals surface area contributed by atoms with Gasteiger partial charge in [0.2, 0.25) is 6.79 Å². The highest BCUT2D eigenvalue weighted by Crippen LogP contribution is 2.32. The van der Waals surface area contributed by atoms with Crippen LogP contribution in [0.1, 0.15) is 12.5 Å². The van der Waals surface area contributed by atoms with Gasteiger partial charge < -0.3 is 14.8 Å². The number of fused-ring (bicyclic) bond motifs is 1. The van der Waals surface area contributed by atoms with Crippen LogP contribution in [0.5, 0.6) is 11.5 Å². The van der Waals surface area contributed by atoms with Gasteiger partial charge in [-0.3, -0.25) is 9.69 Å². The Kier molecular flexibility index (Phi) is 3.40. The predicted octanol–water partition coefficient (Wildman–Crippen LogP) is 0.778. The average Bonchev–Trinajstić information content (AvgIpc) is 2.86. The zero-order valence-electron chi connectivity index (χ0n) is 11.0. The Labute approximate surface area is 112 Å². The van der Waals surface area contributed by atoms with E-state index in [1.807, 2.05) is 12.1 Å². The van der Waals surface area contributed by atoms with Gasteiger partial charge >= 0.3 is 0 Å². The Morgan fingerprint density at radius 3 is 3.11 bits per heavy atom. The second-order valence-electron chi connectivity index (χ2n) is 5.04. The van der Waals surface area contributed by atoms with E-state index in [0.717, 1.165) is 37.7 Å². The second-order valence-corrected chi connectivity index (χ2v) is 5.04. The third-order valence-electron chi connectivity index (χ3n) is 3.59. The van der Waals surface area contributed by atoms with E-state index >= 15 is 0 Å². The zero-order chi connectivity index (χ0) is 13.2. The van der Waals surface area contributed by atoms with Crippen molar-refractivity contribution in [3.8, 4) is 11.5 Å². The molecule has 0 spiro atoms. The highest BCUT2D eigenvalue weighted by atomic mass is 16.7. The fourth-order valence-electron chi connectivity index (χ4n) is 2.52. The van der Waals surface area contributed by atoms with Crippen LogP contribution in [-0.4, -0.2) is 43.2 Å². The molecule has 1 aromatic rings. The first-order valence-corrected chi connectivity index (χ1v) is 6.57. The number of hydrogen-bond acceptors (Lipinski definition) is 5. The van der Waals surface area contributed by atoms with Crippen LogP contribution >= 0.6 is 0 Å². The fraction of sp³-hybridized carbons (Fsp3) is 0.500. The van der Waals surface area contributed by atoms with Crippen LogP contribution in [0.4, 0.5) is 0 Å². The Morgan fingerprint density at radius 2 is 2.26 bits per heavy atom. The molecule has 0 bridgehead atoms. The molecule has 0 amide bonds. The summed E-state index contributed by atoms with van der Waals surface area (Å²) in [5.41, 5.74) is 1.19. The number of Topliss-reactive ketones (excluding diaryl/α,β-unsaturated/α-hetero) is 1. The molecule has 0 aliphatic carbocycles. The van der Waals surface area contributed by atoms with E-state index in [9.17, 15) is 4.79 Å². The van der Waals surface area contributed by atoms with Crippen LogP contribution in [0.25, 0.3) is 0 Å². The van der Waals surface area contributed by atoms with Crippen molar-refractivity contribution in [3.05, 3.63) is 23.8 Å². The number of benzene rings is 1. The minimum atomic E-state index is -0.0391. The minimum Gasteiger partial charge on any atom is -0.454 e. The Morgan fingerprint density at radius 1 is 1.42 bits per heavy atom. The standard InChI is InChI=1S/C14H18N2O3/c1-10(17)12-8-16(5-4-15-12)7-11-2-3-13-14(6-11)19-9-18-13/h2-3,6,12,15H,4-5,7-9H2,1H3. The topological polar surface area (TPSA) is 50.8 Å². The smallest absolute Gasteiger partial charge is 0.231 e. The van der Waals surface area contributed by atoms with E-state index in [1.165, 1.54) is 5.56 Å². The highest BCUT2D eigenvalue weighted by molar-refractivity contribution is 5.81. The maximum Gasteiger partial charge on any atom is 0.231 e. The van der Waals surface area contributed by atoms with Crippen molar-refractivity contribution >= 4 is 5.78 Å². The van der Waals surface area contributed by atoms with Crippen molar-refractivity contribution in [1.29, 1.82) is 0 Å². The van der Waals surface area contributed by atoms with Gasteiger partial charge in [-0.2, -0.15) is 0 Å². The summed E-state index contributed by atoms with van der Waals surface area (Å²) in [7, 11) is 0. The highest BCUT2D eigenvalue weighted by Gasteiger charge is 2.23. The second kappa shape index (κ2) is 5.19. The zero-order valence-corrected chi connectivity index (χ0v) is 11.0. The van der Waals surface area contributed by atoms with Gasteiger partial charge in [0.25, 0.3) is 0 Å². The van der Waals surface area contributed by atoms with Crippen molar-refractivity contribution in [2.24, 2.45) is 0 Å². The Balaban J connectivity index is 1.66. The maximum atomic E-state index is 11.4. The van der Waals surface area contributed by atoms with E-state index in [2.05, 4.69) is 16.3 Å². The third kappa shape index (κ3) is 2.72. The molecule has 5 heteroatoms. The molecule has 1 N–H and O–H groups in total. The van der Waals surface area contributed by atoms with Gasteiger partial charge in [-0.15, -0.1) is 0 Å². The molecule has 0 saturated carbocycles. The molecule has 1 fully saturated rings. The number of carbonyl (C=O) groups is 1. The summed E-state index contributed by atoms with van der Waals surface area (Å²) in [4.78, 5) is 13.7. The normalized spacial score (nSPS) is 22.5. The molecule has 1 unspecified atom stereocenters. The number of ketones is 1. The molecule has 1 atom stereocenters. The quantitative estimate of drug-likeness (QED) is 0.872. The summed E-state index contributed by atoms with van der Waals surface area (Å²) in [5.74, 6) is 1.83. The lowest BCUT2D eigenvalue weighted by Crippen LogP contribution is -2.53. The fourth-order valence-corrected chi connectivity index (χ4v) is 2.52. The van der Waals surface area contributed by atoms with Crippen LogP contribution in [-0.2, 0) is 11.3 Å². The number of carbonyl (C=O) groups excluding carboxylic acids is 1. The monoisotopic (exact) mass is 262 g/mol. The summed E-state index contributed by atoms with van der Waals surface area (Å²) >= 11 is 0. The van der Waals surface area contributed by atoms with Crippen LogP contribution in [0.3, 0.4) is 0 Å². The van der Waals surface area contributed by atoms with Crippen molar-refractivity contribution in [3.63, 3.8) is 0 Å². The lowest BCUT2D eigenvalue weighted by Gasteiger charge is -2.32. The van der Waals surface area contributed by atoms with Gasteiger partial charge in [-0.1, -0.05) is 6.07 Å². The summed E-state index contributed by atoms with van der Waals surface area (Å²) in [6.07, 6.45) is 0. The van der Waals surface area contributed by atoms with E-state index in [1.54, 1.807) is 6.92 Å². The predicted molar refractivity (Wildman–Crippen MR) is 70.3 cm³/mol. The SMILES string of the molecule is CC(=O)C1CN(Cc2ccc3c(c2)OCO3)CCN1. The molecule has 2 heterocycles. The maximum absolute atomic E-state index is 11.4. The lowest BCUT2D eigenvalue weighted by atomic mass is 10.1. The third-order valence-corrected chi connectivity index (χ3v) is 3.59. The number of rotatable bonds is 3. The first kappa shape index (κ1) is 12.4. The van der Waals surface area contributed by atoms with E-state index in [4.69, 9.17) is 9.47 Å². The van der Waals surface area contributed by atoms with Gasteiger partial charge in [0.1, 0.15) is 5.78 Å². The Bertz CT molecular complexity index is 490. The minimum absolute atomic E-state index is 0.0391. The molecule has 1 aromatic carbocycles. The van der Waals surface area contributed by atoms with Crippen LogP contribution < -0.4 is 14.8 Å². The van der Waals surface area contributed by atoms with Gasteiger partial charge in [0.15, 0.2) is 11.5 Å². The molecule has 19 heavy (non-hydrogen) atoms. The van der Waals surface area contributed by atoms with E-state index < -0.39 is 0 Å². The molecule has 0 radical (unpaired) electrons. The van der Waals surface area contributed by atoms with Gasteiger partial charge in [0.05, 0.1) is 6.04 Å². The average molecular weight is 262 g/mol.